The molecule has 0 amide bonds. The summed E-state index contributed by atoms with van der Waals surface area (Å²) in [6.07, 6.45) is 2.04. The lowest BCUT2D eigenvalue weighted by Crippen LogP contribution is -2.10. The molecule has 18 heavy (non-hydrogen) atoms. The van der Waals surface area contributed by atoms with Crippen molar-refractivity contribution in [1.82, 2.24) is 9.78 Å². The topological polar surface area (TPSA) is 90.0 Å². The smallest absolute Gasteiger partial charge is 0.182 e. The van der Waals surface area contributed by atoms with Crippen molar-refractivity contribution >= 4 is 21.5 Å². The van der Waals surface area contributed by atoms with E-state index in [0.717, 1.165) is 12.7 Å². The van der Waals surface area contributed by atoms with Gasteiger partial charge in [0.15, 0.2) is 20.6 Å². The summed E-state index contributed by atoms with van der Waals surface area (Å²) in [7, 11) is -3.38. The molecule has 0 unspecified atom stereocenters. The maximum atomic E-state index is 11.8. The first-order valence-electron chi connectivity index (χ1n) is 6.07. The van der Waals surface area contributed by atoms with Gasteiger partial charge >= 0.3 is 0 Å². The Kier molecular flexibility index (Phi) is 4.61. The fraction of sp³-hybridized carbons (Fsp3) is 0.727. The van der Waals surface area contributed by atoms with Crippen molar-refractivity contribution in [3.05, 3.63) is 0 Å². The molecule has 0 radical (unpaired) electrons. The summed E-state index contributed by atoms with van der Waals surface area (Å²) in [4.78, 5) is 0.108. The molecule has 6 nitrogen and oxygen atoms in total. The van der Waals surface area contributed by atoms with Gasteiger partial charge in [0, 0.05) is 19.3 Å². The molecular formula is C11H22N4O2S. The summed E-state index contributed by atoms with van der Waals surface area (Å²) in [6.45, 7) is 7.32. The van der Waals surface area contributed by atoms with E-state index in [-0.39, 0.29) is 10.7 Å². The van der Waals surface area contributed by atoms with Gasteiger partial charge in [-0.25, -0.2) is 13.1 Å². The first-order valence-corrected chi connectivity index (χ1v) is 7.96. The Hall–Kier alpha value is -1.24. The van der Waals surface area contributed by atoms with Gasteiger partial charge in [-0.2, -0.15) is 5.10 Å². The number of nitrogens with one attached hydrogen (secondary N) is 1. The summed E-state index contributed by atoms with van der Waals surface area (Å²) in [6, 6.07) is 0. The van der Waals surface area contributed by atoms with Crippen molar-refractivity contribution in [2.45, 2.75) is 38.6 Å². The van der Waals surface area contributed by atoms with E-state index < -0.39 is 9.84 Å². The van der Waals surface area contributed by atoms with Gasteiger partial charge in [0.25, 0.3) is 0 Å². The Bertz CT molecular complexity index is 505. The van der Waals surface area contributed by atoms with Gasteiger partial charge < -0.3 is 11.1 Å². The van der Waals surface area contributed by atoms with E-state index in [1.54, 1.807) is 4.68 Å². The molecule has 0 aliphatic heterocycles. The average molecular weight is 274 g/mol. The zero-order chi connectivity index (χ0) is 13.9. The molecule has 1 aromatic rings. The highest BCUT2D eigenvalue weighted by molar-refractivity contribution is 7.91. The van der Waals surface area contributed by atoms with Crippen molar-refractivity contribution in [3.63, 3.8) is 0 Å². The lowest BCUT2D eigenvalue weighted by atomic mass is 10.2. The lowest BCUT2D eigenvalue weighted by molar-refractivity contribution is 0.489. The summed E-state index contributed by atoms with van der Waals surface area (Å²) in [5, 5.41) is 7.27. The van der Waals surface area contributed by atoms with E-state index in [0.29, 0.717) is 24.8 Å². The minimum atomic E-state index is -3.38. The first-order chi connectivity index (χ1) is 8.27. The molecule has 3 N–H and O–H groups in total. The van der Waals surface area contributed by atoms with E-state index in [1.807, 2.05) is 20.8 Å². The van der Waals surface area contributed by atoms with E-state index >= 15 is 0 Å². The Morgan fingerprint density at radius 1 is 1.44 bits per heavy atom. The van der Waals surface area contributed by atoms with Gasteiger partial charge in [-0.3, -0.25) is 0 Å². The van der Waals surface area contributed by atoms with Crippen LogP contribution in [-0.4, -0.2) is 31.0 Å². The summed E-state index contributed by atoms with van der Waals surface area (Å²) in [5.41, 5.74) is 5.89. The lowest BCUT2D eigenvalue weighted by Gasteiger charge is -2.06. The Morgan fingerprint density at radius 3 is 2.50 bits per heavy atom. The molecule has 0 bridgehead atoms. The van der Waals surface area contributed by atoms with Gasteiger partial charge in [0.1, 0.15) is 5.82 Å². The molecule has 0 saturated heterocycles. The highest BCUT2D eigenvalue weighted by Crippen LogP contribution is 2.27. The maximum Gasteiger partial charge on any atom is 0.182 e. The maximum absolute atomic E-state index is 11.8. The van der Waals surface area contributed by atoms with Gasteiger partial charge in [0.05, 0.1) is 0 Å². The Morgan fingerprint density at radius 2 is 2.06 bits per heavy atom. The third-order valence-electron chi connectivity index (χ3n) is 2.40. The van der Waals surface area contributed by atoms with E-state index in [4.69, 9.17) is 5.73 Å². The predicted molar refractivity (Wildman–Crippen MR) is 73.4 cm³/mol. The van der Waals surface area contributed by atoms with Crippen LogP contribution in [0.25, 0.3) is 0 Å². The third-order valence-corrected chi connectivity index (χ3v) is 3.54. The number of nitrogen functional groups attached to an aromatic ring is 1. The van der Waals surface area contributed by atoms with Gasteiger partial charge in [-0.15, -0.1) is 0 Å². The SMILES string of the molecule is CCCNc1nn(CC(C)C)c(N)c1S(C)(=O)=O. The van der Waals surface area contributed by atoms with Crippen LogP contribution >= 0.6 is 0 Å². The van der Waals surface area contributed by atoms with Crippen LogP contribution in [0.4, 0.5) is 11.6 Å². The van der Waals surface area contributed by atoms with Gasteiger partial charge in [0.2, 0.25) is 0 Å². The summed E-state index contributed by atoms with van der Waals surface area (Å²) < 4.78 is 25.1. The van der Waals surface area contributed by atoms with E-state index in [1.165, 1.54) is 0 Å². The zero-order valence-corrected chi connectivity index (χ0v) is 12.2. The van der Waals surface area contributed by atoms with Crippen molar-refractivity contribution in [1.29, 1.82) is 0 Å². The number of hydrogen-bond acceptors (Lipinski definition) is 5. The highest BCUT2D eigenvalue weighted by atomic mass is 32.2. The second kappa shape index (κ2) is 5.60. The van der Waals surface area contributed by atoms with Crippen LogP contribution in [0.5, 0.6) is 0 Å². The molecule has 104 valence electrons. The molecule has 1 aromatic heterocycles. The molecule has 7 heteroatoms. The Balaban J connectivity index is 3.23. The third kappa shape index (κ3) is 3.38. The fourth-order valence-corrected chi connectivity index (χ4v) is 2.62. The number of anilines is 2. The molecule has 0 aliphatic rings. The van der Waals surface area contributed by atoms with Gasteiger partial charge in [-0.05, 0) is 12.3 Å². The minimum absolute atomic E-state index is 0.108. The van der Waals surface area contributed by atoms with E-state index in [2.05, 4.69) is 10.4 Å². The molecule has 1 heterocycles. The fourth-order valence-electron chi connectivity index (χ4n) is 1.67. The van der Waals surface area contributed by atoms with Crippen LogP contribution in [0.3, 0.4) is 0 Å². The zero-order valence-electron chi connectivity index (χ0n) is 11.4. The van der Waals surface area contributed by atoms with Gasteiger partial charge in [-0.1, -0.05) is 20.8 Å². The number of hydrogen-bond donors (Lipinski definition) is 2. The minimum Gasteiger partial charge on any atom is -0.383 e. The molecule has 0 fully saturated rings. The number of nitrogens with two attached hydrogens (primary N) is 1. The standard InChI is InChI=1S/C11H22N4O2S/c1-5-6-13-11-9(18(4,16)17)10(12)15(14-11)7-8(2)3/h8H,5-7,12H2,1-4H3,(H,13,14). The van der Waals surface area contributed by atoms with Crippen molar-refractivity contribution < 1.29 is 8.42 Å². The average Bonchev–Trinajstić information content (AvgIpc) is 2.51. The van der Waals surface area contributed by atoms with Crippen LogP contribution in [0, 0.1) is 5.92 Å². The number of aromatic nitrogens is 2. The molecule has 0 aliphatic carbocycles. The van der Waals surface area contributed by atoms with Crippen LogP contribution < -0.4 is 11.1 Å². The molecule has 0 aromatic carbocycles. The summed E-state index contributed by atoms with van der Waals surface area (Å²) >= 11 is 0. The van der Waals surface area contributed by atoms with Crippen molar-refractivity contribution in [3.8, 4) is 0 Å². The molecule has 0 saturated carbocycles. The quantitative estimate of drug-likeness (QED) is 0.817. The number of sulfone groups is 1. The second-order valence-electron chi connectivity index (χ2n) is 4.84. The van der Waals surface area contributed by atoms with E-state index in [9.17, 15) is 8.42 Å². The predicted octanol–water partition coefficient (Wildman–Crippen LogP) is 1.35. The van der Waals surface area contributed by atoms with Crippen LogP contribution in [0.2, 0.25) is 0 Å². The monoisotopic (exact) mass is 274 g/mol. The molecule has 0 atom stereocenters. The largest absolute Gasteiger partial charge is 0.383 e. The number of nitrogens with zero attached hydrogens (tertiary/aromatic N) is 2. The highest BCUT2D eigenvalue weighted by Gasteiger charge is 2.24. The number of rotatable bonds is 6. The second-order valence-corrected chi connectivity index (χ2v) is 6.79. The Labute approximate surface area is 108 Å². The molecule has 1 rings (SSSR count). The molecule has 0 spiro atoms. The van der Waals surface area contributed by atoms with Crippen molar-refractivity contribution in [2.75, 3.05) is 23.9 Å². The normalized spacial score (nSPS) is 12.1. The molecular weight excluding hydrogens is 252 g/mol. The van der Waals surface area contributed by atoms with Crippen LogP contribution in [0.1, 0.15) is 27.2 Å². The first kappa shape index (κ1) is 14.8. The van der Waals surface area contributed by atoms with Crippen molar-refractivity contribution in [2.24, 2.45) is 5.92 Å². The summed E-state index contributed by atoms with van der Waals surface area (Å²) in [5.74, 6) is 0.918. The van der Waals surface area contributed by atoms with Crippen LogP contribution in [-0.2, 0) is 16.4 Å². The van der Waals surface area contributed by atoms with Crippen LogP contribution in [0.15, 0.2) is 4.90 Å².